The summed E-state index contributed by atoms with van der Waals surface area (Å²) in [4.78, 5) is 0. The zero-order valence-electron chi connectivity index (χ0n) is 21.3. The first-order valence-electron chi connectivity index (χ1n) is 13.2. The molecule has 2 heterocycles. The van der Waals surface area contributed by atoms with Crippen LogP contribution in [0.4, 0.5) is 0 Å². The Kier molecular flexibility index (Phi) is 4.15. The Balaban J connectivity index is 1.69. The maximum atomic E-state index is 2.66. The molecule has 0 bridgehead atoms. The van der Waals surface area contributed by atoms with E-state index in [-0.39, 0.29) is 6.85 Å². The van der Waals surface area contributed by atoms with Crippen LogP contribution in [0.15, 0.2) is 103 Å². The summed E-state index contributed by atoms with van der Waals surface area (Å²) in [7, 11) is 0. The van der Waals surface area contributed by atoms with Crippen LogP contribution in [0.1, 0.15) is 16.7 Å². The van der Waals surface area contributed by atoms with Crippen LogP contribution in [0.3, 0.4) is 0 Å². The Morgan fingerprint density at radius 2 is 1.22 bits per heavy atom. The Bertz CT molecular complexity index is 2050. The monoisotopic (exact) mass is 471 g/mol. The van der Waals surface area contributed by atoms with Gasteiger partial charge in [0.05, 0.1) is 0 Å². The van der Waals surface area contributed by atoms with E-state index < -0.39 is 0 Å². The first kappa shape index (κ1) is 20.9. The fourth-order valence-electron chi connectivity index (χ4n) is 7.18. The molecule has 1 aliphatic rings. The Hall–Kier alpha value is -4.30. The van der Waals surface area contributed by atoms with Crippen LogP contribution in [0, 0.1) is 20.8 Å². The molecule has 1 aliphatic heterocycles. The molecule has 0 fully saturated rings. The fourth-order valence-corrected chi connectivity index (χ4v) is 7.18. The van der Waals surface area contributed by atoms with Gasteiger partial charge in [0.25, 0.3) is 0 Å². The molecule has 2 heteroatoms. The summed E-state index contributed by atoms with van der Waals surface area (Å²) in [6.45, 7) is 6.89. The molecule has 7 aromatic rings. The van der Waals surface area contributed by atoms with E-state index in [9.17, 15) is 0 Å². The molecule has 1 aromatic heterocycles. The van der Waals surface area contributed by atoms with E-state index in [1.54, 1.807) is 0 Å². The van der Waals surface area contributed by atoms with Gasteiger partial charge in [0.1, 0.15) is 0 Å². The molecule has 0 unspecified atom stereocenters. The molecule has 174 valence electrons. The van der Waals surface area contributed by atoms with Crippen LogP contribution in [-0.2, 0) is 0 Å². The quantitative estimate of drug-likeness (QED) is 0.217. The second kappa shape index (κ2) is 7.37. The molecule has 0 saturated carbocycles. The van der Waals surface area contributed by atoms with Crippen molar-refractivity contribution in [2.75, 3.05) is 0 Å². The summed E-state index contributed by atoms with van der Waals surface area (Å²) in [6, 6.07) is 38.6. The lowest BCUT2D eigenvalue weighted by Gasteiger charge is -2.30. The van der Waals surface area contributed by atoms with Gasteiger partial charge in [0.15, 0.2) is 0 Å². The van der Waals surface area contributed by atoms with Crippen LogP contribution in [0.2, 0.25) is 0 Å². The van der Waals surface area contributed by atoms with Gasteiger partial charge in [-0.05, 0) is 70.9 Å². The first-order chi connectivity index (χ1) is 18.1. The molecule has 6 aromatic carbocycles. The van der Waals surface area contributed by atoms with E-state index in [0.717, 1.165) is 0 Å². The van der Waals surface area contributed by atoms with Gasteiger partial charge in [-0.15, -0.1) is 0 Å². The third-order valence-corrected chi connectivity index (χ3v) is 8.49. The molecular formula is C35H26BN. The van der Waals surface area contributed by atoms with E-state index in [1.807, 2.05) is 0 Å². The number of nitrogens with zero attached hydrogens (tertiary/aromatic N) is 1. The van der Waals surface area contributed by atoms with E-state index in [1.165, 1.54) is 82.1 Å². The summed E-state index contributed by atoms with van der Waals surface area (Å²) in [6.07, 6.45) is 0. The fraction of sp³-hybridized carbons (Fsp3) is 0.0857. The molecule has 0 spiro atoms. The number of rotatable bonds is 1. The summed E-state index contributed by atoms with van der Waals surface area (Å²) in [5.74, 6) is 0. The predicted octanol–water partition coefficient (Wildman–Crippen LogP) is 7.66. The highest BCUT2D eigenvalue weighted by molar-refractivity contribution is 6.87. The lowest BCUT2D eigenvalue weighted by molar-refractivity contribution is 1.29. The standard InChI is InChI=1S/C35H26BN/c1-21-18-22(2)34(23(3)19-21)36-30-15-9-8-14-28(30)29-20-25-11-5-7-13-27(25)33-32-26-12-6-4-10-24(26)16-17-31(32)37(36)35(29)33/h4-20H,1-3H3. The number of hydrogen-bond acceptors (Lipinski definition) is 0. The van der Waals surface area contributed by atoms with Gasteiger partial charge in [-0.1, -0.05) is 108 Å². The van der Waals surface area contributed by atoms with Crippen LogP contribution in [0.25, 0.3) is 54.5 Å². The normalized spacial score (nSPS) is 12.7. The Labute approximate surface area is 217 Å². The van der Waals surface area contributed by atoms with Crippen molar-refractivity contribution in [3.63, 3.8) is 0 Å². The van der Waals surface area contributed by atoms with Gasteiger partial charge >= 0.3 is 6.85 Å². The minimum Gasteiger partial charge on any atom is -0.375 e. The lowest BCUT2D eigenvalue weighted by Crippen LogP contribution is -2.53. The minimum absolute atomic E-state index is 0.117. The van der Waals surface area contributed by atoms with Crippen molar-refractivity contribution in [1.82, 2.24) is 4.48 Å². The number of benzene rings is 6. The van der Waals surface area contributed by atoms with Crippen molar-refractivity contribution < 1.29 is 0 Å². The van der Waals surface area contributed by atoms with Crippen molar-refractivity contribution in [3.05, 3.63) is 120 Å². The van der Waals surface area contributed by atoms with Gasteiger partial charge in [-0.3, -0.25) is 0 Å². The van der Waals surface area contributed by atoms with Crippen LogP contribution < -0.4 is 10.9 Å². The number of hydrogen-bond donors (Lipinski definition) is 0. The molecule has 37 heavy (non-hydrogen) atoms. The average Bonchev–Trinajstić information content (AvgIpc) is 3.26. The summed E-state index contributed by atoms with van der Waals surface area (Å²) in [5, 5.41) is 7.99. The van der Waals surface area contributed by atoms with Crippen LogP contribution in [-0.4, -0.2) is 11.3 Å². The van der Waals surface area contributed by atoms with Gasteiger partial charge in [-0.25, -0.2) is 0 Å². The van der Waals surface area contributed by atoms with Gasteiger partial charge in [0, 0.05) is 27.4 Å². The second-order valence-electron chi connectivity index (χ2n) is 10.7. The number of fused-ring (bicyclic) bond motifs is 9. The van der Waals surface area contributed by atoms with Crippen LogP contribution >= 0.6 is 0 Å². The molecule has 1 nitrogen and oxygen atoms in total. The smallest absolute Gasteiger partial charge is 0.329 e. The first-order valence-corrected chi connectivity index (χ1v) is 13.2. The predicted molar refractivity (Wildman–Crippen MR) is 161 cm³/mol. The number of aryl methyl sites for hydroxylation is 3. The molecular weight excluding hydrogens is 445 g/mol. The summed E-state index contributed by atoms with van der Waals surface area (Å²) < 4.78 is 2.66. The summed E-state index contributed by atoms with van der Waals surface area (Å²) >= 11 is 0. The molecule has 0 saturated heterocycles. The molecule has 0 N–H and O–H groups in total. The molecule has 8 rings (SSSR count). The van der Waals surface area contributed by atoms with Crippen molar-refractivity contribution in [1.29, 1.82) is 0 Å². The van der Waals surface area contributed by atoms with E-state index in [0.29, 0.717) is 0 Å². The SMILES string of the molecule is Cc1cc(C)c(B2c3ccccc3-c3cc4ccccc4c4c5c6ccccc6ccc5n2c34)c(C)c1. The Morgan fingerprint density at radius 1 is 0.568 bits per heavy atom. The van der Waals surface area contributed by atoms with Gasteiger partial charge in [0.2, 0.25) is 0 Å². The molecule has 0 aliphatic carbocycles. The zero-order chi connectivity index (χ0) is 24.8. The number of aromatic nitrogens is 1. The van der Waals surface area contributed by atoms with Gasteiger partial charge in [-0.2, -0.15) is 0 Å². The average molecular weight is 471 g/mol. The highest BCUT2D eigenvalue weighted by atomic mass is 14.9. The Morgan fingerprint density at radius 3 is 2.00 bits per heavy atom. The molecule has 0 radical (unpaired) electrons. The minimum atomic E-state index is 0.117. The highest BCUT2D eigenvalue weighted by Gasteiger charge is 2.36. The molecule has 0 atom stereocenters. The largest absolute Gasteiger partial charge is 0.375 e. The zero-order valence-corrected chi connectivity index (χ0v) is 21.3. The molecule has 0 amide bonds. The summed E-state index contributed by atoms with van der Waals surface area (Å²) in [5.41, 5.74) is 12.2. The maximum Gasteiger partial charge on any atom is 0.329 e. The van der Waals surface area contributed by atoms with Crippen LogP contribution in [0.5, 0.6) is 0 Å². The van der Waals surface area contributed by atoms with E-state index in [4.69, 9.17) is 0 Å². The third kappa shape index (κ3) is 2.70. The third-order valence-electron chi connectivity index (χ3n) is 8.49. The topological polar surface area (TPSA) is 4.93 Å². The van der Waals surface area contributed by atoms with E-state index >= 15 is 0 Å². The second-order valence-corrected chi connectivity index (χ2v) is 10.7. The van der Waals surface area contributed by atoms with Crippen molar-refractivity contribution >= 4 is 61.1 Å². The van der Waals surface area contributed by atoms with E-state index in [2.05, 4.69) is 128 Å². The van der Waals surface area contributed by atoms with Gasteiger partial charge < -0.3 is 4.48 Å². The maximum absolute atomic E-state index is 2.66. The van der Waals surface area contributed by atoms with Crippen molar-refractivity contribution in [2.24, 2.45) is 0 Å². The lowest BCUT2D eigenvalue weighted by atomic mass is 9.45. The van der Waals surface area contributed by atoms with Crippen molar-refractivity contribution in [2.45, 2.75) is 20.8 Å². The highest BCUT2D eigenvalue weighted by Crippen LogP contribution is 2.45. The van der Waals surface area contributed by atoms with Crippen molar-refractivity contribution in [3.8, 4) is 11.1 Å².